The molecule has 4 nitrogen and oxygen atoms in total. The Balaban J connectivity index is 3.88. The average Bonchev–Trinajstić information content (AvgIpc) is 2.31. The van der Waals surface area contributed by atoms with Gasteiger partial charge in [0.15, 0.2) is 5.96 Å². The summed E-state index contributed by atoms with van der Waals surface area (Å²) in [5, 5.41) is 6.70. The summed E-state index contributed by atoms with van der Waals surface area (Å²) >= 11 is 0. The molecule has 0 aliphatic heterocycles. The molecule has 0 spiro atoms. The molecule has 2 N–H and O–H groups in total. The van der Waals surface area contributed by atoms with E-state index in [0.29, 0.717) is 18.0 Å². The Bertz CT molecular complexity index is 239. The predicted molar refractivity (Wildman–Crippen MR) is 85.8 cm³/mol. The number of nitrogens with one attached hydrogen (secondary N) is 2. The SMILES string of the molecule is CN=C(NCCCN(C(C)C)C(C)C)NCC(C)C. The first-order valence-corrected chi connectivity index (χ1v) is 7.58. The van der Waals surface area contributed by atoms with Gasteiger partial charge in [-0.15, -0.1) is 0 Å². The smallest absolute Gasteiger partial charge is 0.190 e. The first kappa shape index (κ1) is 18.2. The Kier molecular flexibility index (Phi) is 9.66. The van der Waals surface area contributed by atoms with Crippen LogP contribution < -0.4 is 10.6 Å². The third-order valence-electron chi connectivity index (χ3n) is 3.11. The Labute approximate surface area is 120 Å². The van der Waals surface area contributed by atoms with Gasteiger partial charge in [-0.2, -0.15) is 0 Å². The molecule has 0 saturated carbocycles. The molecule has 4 heteroatoms. The number of nitrogens with zero attached hydrogens (tertiary/aromatic N) is 2. The standard InChI is InChI=1S/C15H34N4/c1-12(2)11-18-15(16-7)17-9-8-10-19(13(3)4)14(5)6/h12-14H,8-11H2,1-7H3,(H2,16,17,18). The number of hydrogen-bond acceptors (Lipinski definition) is 2. The summed E-state index contributed by atoms with van der Waals surface area (Å²) in [5.74, 6) is 1.55. The highest BCUT2D eigenvalue weighted by atomic mass is 15.2. The van der Waals surface area contributed by atoms with Crippen molar-refractivity contribution in [2.75, 3.05) is 26.7 Å². The van der Waals surface area contributed by atoms with Crippen molar-refractivity contribution in [3.63, 3.8) is 0 Å². The third kappa shape index (κ3) is 8.87. The van der Waals surface area contributed by atoms with Gasteiger partial charge in [-0.3, -0.25) is 9.89 Å². The molecule has 19 heavy (non-hydrogen) atoms. The molecule has 0 aliphatic rings. The first-order chi connectivity index (χ1) is 8.88. The maximum Gasteiger partial charge on any atom is 0.190 e. The van der Waals surface area contributed by atoms with Crippen molar-refractivity contribution in [1.82, 2.24) is 15.5 Å². The summed E-state index contributed by atoms with van der Waals surface area (Å²) in [5.41, 5.74) is 0. The van der Waals surface area contributed by atoms with Crippen LogP contribution in [-0.4, -0.2) is 49.6 Å². The van der Waals surface area contributed by atoms with E-state index in [1.165, 1.54) is 0 Å². The van der Waals surface area contributed by atoms with Gasteiger partial charge in [-0.1, -0.05) is 13.8 Å². The zero-order valence-electron chi connectivity index (χ0n) is 14.0. The summed E-state index contributed by atoms with van der Waals surface area (Å²) in [6, 6.07) is 1.22. The Hall–Kier alpha value is -0.770. The van der Waals surface area contributed by atoms with Crippen LogP contribution in [0.3, 0.4) is 0 Å². The van der Waals surface area contributed by atoms with Gasteiger partial charge in [0.05, 0.1) is 0 Å². The van der Waals surface area contributed by atoms with E-state index >= 15 is 0 Å². The monoisotopic (exact) mass is 270 g/mol. The molecule has 0 saturated heterocycles. The molecule has 0 fully saturated rings. The minimum atomic E-state index is 0.610. The Morgan fingerprint density at radius 2 is 1.58 bits per heavy atom. The minimum absolute atomic E-state index is 0.610. The zero-order chi connectivity index (χ0) is 14.8. The van der Waals surface area contributed by atoms with Gasteiger partial charge in [0.25, 0.3) is 0 Å². The molecule has 0 unspecified atom stereocenters. The summed E-state index contributed by atoms with van der Waals surface area (Å²) < 4.78 is 0. The normalized spacial score (nSPS) is 12.9. The van der Waals surface area contributed by atoms with Crippen LogP contribution in [0.15, 0.2) is 4.99 Å². The molecule has 0 aromatic heterocycles. The van der Waals surface area contributed by atoms with Crippen LogP contribution in [0.2, 0.25) is 0 Å². The number of hydrogen-bond donors (Lipinski definition) is 2. The number of aliphatic imine (C=N–C) groups is 1. The van der Waals surface area contributed by atoms with Crippen LogP contribution in [0.1, 0.15) is 48.0 Å². The number of guanidine groups is 1. The van der Waals surface area contributed by atoms with Crippen LogP contribution >= 0.6 is 0 Å². The van der Waals surface area contributed by atoms with Crippen molar-refractivity contribution < 1.29 is 0 Å². The first-order valence-electron chi connectivity index (χ1n) is 7.58. The molecule has 0 aliphatic carbocycles. The van der Waals surface area contributed by atoms with Crippen LogP contribution in [0.25, 0.3) is 0 Å². The van der Waals surface area contributed by atoms with Crippen molar-refractivity contribution in [2.24, 2.45) is 10.9 Å². The van der Waals surface area contributed by atoms with Crippen LogP contribution in [0.5, 0.6) is 0 Å². The maximum absolute atomic E-state index is 4.23. The lowest BCUT2D eigenvalue weighted by atomic mass is 10.2. The quantitative estimate of drug-likeness (QED) is 0.404. The topological polar surface area (TPSA) is 39.7 Å². The van der Waals surface area contributed by atoms with E-state index < -0.39 is 0 Å². The fourth-order valence-electron chi connectivity index (χ4n) is 2.10. The minimum Gasteiger partial charge on any atom is -0.356 e. The molecular formula is C15H34N4. The highest BCUT2D eigenvalue weighted by Crippen LogP contribution is 2.05. The maximum atomic E-state index is 4.23. The lowest BCUT2D eigenvalue weighted by molar-refractivity contribution is 0.173. The molecule has 0 atom stereocenters. The van der Waals surface area contributed by atoms with E-state index in [2.05, 4.69) is 62.1 Å². The molecule has 0 heterocycles. The largest absolute Gasteiger partial charge is 0.356 e. The van der Waals surface area contributed by atoms with Crippen molar-refractivity contribution in [2.45, 2.75) is 60.0 Å². The Morgan fingerprint density at radius 1 is 1.00 bits per heavy atom. The molecule has 0 radical (unpaired) electrons. The lowest BCUT2D eigenvalue weighted by Crippen LogP contribution is -2.42. The lowest BCUT2D eigenvalue weighted by Gasteiger charge is -2.30. The van der Waals surface area contributed by atoms with E-state index in [0.717, 1.165) is 32.0 Å². The molecule has 0 bridgehead atoms. The zero-order valence-corrected chi connectivity index (χ0v) is 14.0. The van der Waals surface area contributed by atoms with Gasteiger partial charge in [0, 0.05) is 38.8 Å². The molecular weight excluding hydrogens is 236 g/mol. The van der Waals surface area contributed by atoms with Gasteiger partial charge in [-0.05, 0) is 40.0 Å². The summed E-state index contributed by atoms with van der Waals surface area (Å²) in [4.78, 5) is 6.75. The van der Waals surface area contributed by atoms with Gasteiger partial charge >= 0.3 is 0 Å². The Morgan fingerprint density at radius 3 is 2.00 bits per heavy atom. The van der Waals surface area contributed by atoms with E-state index in [9.17, 15) is 0 Å². The molecule has 0 rings (SSSR count). The molecule has 0 amide bonds. The average molecular weight is 270 g/mol. The predicted octanol–water partition coefficient (Wildman–Crippen LogP) is 2.32. The third-order valence-corrected chi connectivity index (χ3v) is 3.11. The van der Waals surface area contributed by atoms with E-state index in [4.69, 9.17) is 0 Å². The highest BCUT2D eigenvalue weighted by Gasteiger charge is 2.12. The molecule has 0 aromatic carbocycles. The van der Waals surface area contributed by atoms with Crippen molar-refractivity contribution in [1.29, 1.82) is 0 Å². The van der Waals surface area contributed by atoms with Crippen molar-refractivity contribution in [3.8, 4) is 0 Å². The van der Waals surface area contributed by atoms with Gasteiger partial charge in [0.2, 0.25) is 0 Å². The van der Waals surface area contributed by atoms with Crippen molar-refractivity contribution in [3.05, 3.63) is 0 Å². The fourth-order valence-corrected chi connectivity index (χ4v) is 2.10. The van der Waals surface area contributed by atoms with Crippen molar-refractivity contribution >= 4 is 5.96 Å². The van der Waals surface area contributed by atoms with Gasteiger partial charge in [-0.25, -0.2) is 0 Å². The van der Waals surface area contributed by atoms with E-state index in [1.54, 1.807) is 0 Å². The molecule has 0 aromatic rings. The summed E-state index contributed by atoms with van der Waals surface area (Å²) in [7, 11) is 1.82. The van der Waals surface area contributed by atoms with Crippen LogP contribution in [0, 0.1) is 5.92 Å². The van der Waals surface area contributed by atoms with Crippen LogP contribution in [0.4, 0.5) is 0 Å². The van der Waals surface area contributed by atoms with Gasteiger partial charge in [0.1, 0.15) is 0 Å². The van der Waals surface area contributed by atoms with E-state index in [-0.39, 0.29) is 0 Å². The molecule has 114 valence electrons. The summed E-state index contributed by atoms with van der Waals surface area (Å²) in [6.07, 6.45) is 1.14. The van der Waals surface area contributed by atoms with Gasteiger partial charge < -0.3 is 10.6 Å². The second-order valence-electron chi connectivity index (χ2n) is 6.05. The second-order valence-corrected chi connectivity index (χ2v) is 6.05. The summed E-state index contributed by atoms with van der Waals surface area (Å²) in [6.45, 7) is 16.5. The number of rotatable bonds is 8. The fraction of sp³-hybridized carbons (Fsp3) is 0.933. The second kappa shape index (κ2) is 10.1. The highest BCUT2D eigenvalue weighted by molar-refractivity contribution is 5.79. The van der Waals surface area contributed by atoms with E-state index in [1.807, 2.05) is 7.05 Å². The van der Waals surface area contributed by atoms with Crippen LogP contribution in [-0.2, 0) is 0 Å².